The summed E-state index contributed by atoms with van der Waals surface area (Å²) in [5, 5.41) is 3.02. The van der Waals surface area contributed by atoms with E-state index in [2.05, 4.69) is 15.2 Å². The van der Waals surface area contributed by atoms with Gasteiger partial charge in [-0.05, 0) is 19.1 Å². The van der Waals surface area contributed by atoms with E-state index in [1.807, 2.05) is 52.0 Å². The summed E-state index contributed by atoms with van der Waals surface area (Å²) in [4.78, 5) is 19.3. The van der Waals surface area contributed by atoms with Crippen LogP contribution < -0.4 is 10.2 Å². The molecule has 6 heteroatoms. The number of carbonyl (C=O) groups excluding carboxylic acids is 1. The highest BCUT2D eigenvalue weighted by Gasteiger charge is 2.23. The first-order valence-electron chi connectivity index (χ1n) is 9.03. The molecular weight excluding hydrogens is 330 g/mol. The van der Waals surface area contributed by atoms with Crippen LogP contribution in [0.3, 0.4) is 0 Å². The number of hydrogen-bond acceptors (Lipinski definition) is 5. The molecule has 1 aliphatic rings. The predicted molar refractivity (Wildman–Crippen MR) is 102 cm³/mol. The largest absolute Gasteiger partial charge is 0.444 e. The summed E-state index contributed by atoms with van der Waals surface area (Å²) in [6.45, 7) is 11.1. The monoisotopic (exact) mass is 357 g/mol. The Kier molecular flexibility index (Phi) is 5.32. The summed E-state index contributed by atoms with van der Waals surface area (Å²) in [5.41, 5.74) is 2.43. The van der Waals surface area contributed by atoms with E-state index in [0.717, 1.165) is 30.2 Å². The van der Waals surface area contributed by atoms with Crippen LogP contribution in [0.2, 0.25) is 0 Å². The summed E-state index contributed by atoms with van der Waals surface area (Å²) < 4.78 is 11.3. The number of amides is 1. The van der Waals surface area contributed by atoms with Gasteiger partial charge >= 0.3 is 0 Å². The molecule has 1 amide bonds. The van der Waals surface area contributed by atoms with Crippen LogP contribution in [-0.2, 0) is 21.4 Å². The molecule has 0 radical (unpaired) electrons. The van der Waals surface area contributed by atoms with Crippen molar-refractivity contribution in [3.8, 4) is 0 Å². The zero-order chi connectivity index (χ0) is 18.7. The van der Waals surface area contributed by atoms with Gasteiger partial charge in [-0.2, -0.15) is 0 Å². The number of rotatable bonds is 4. The minimum Gasteiger partial charge on any atom is -0.444 e. The third kappa shape index (κ3) is 4.25. The molecule has 1 N–H and O–H groups in total. The first kappa shape index (κ1) is 18.5. The summed E-state index contributed by atoms with van der Waals surface area (Å²) in [6, 6.07) is 7.86. The van der Waals surface area contributed by atoms with Crippen LogP contribution in [0.25, 0.3) is 0 Å². The lowest BCUT2D eigenvalue weighted by Gasteiger charge is -2.30. The Balaban J connectivity index is 1.72. The average molecular weight is 357 g/mol. The van der Waals surface area contributed by atoms with Crippen molar-refractivity contribution in [3.63, 3.8) is 0 Å². The van der Waals surface area contributed by atoms with Gasteiger partial charge in [-0.3, -0.25) is 4.79 Å². The van der Waals surface area contributed by atoms with Crippen LogP contribution >= 0.6 is 0 Å². The fourth-order valence-electron chi connectivity index (χ4n) is 2.91. The molecule has 0 unspecified atom stereocenters. The second-order valence-corrected chi connectivity index (χ2v) is 7.62. The molecule has 1 aromatic heterocycles. The molecule has 140 valence electrons. The number of aromatic nitrogens is 1. The molecule has 1 saturated heterocycles. The fourth-order valence-corrected chi connectivity index (χ4v) is 2.91. The number of carbonyl (C=O) groups is 1. The van der Waals surface area contributed by atoms with Gasteiger partial charge < -0.3 is 19.4 Å². The number of nitrogens with zero attached hydrogens (tertiary/aromatic N) is 2. The molecule has 1 aromatic carbocycles. The zero-order valence-electron chi connectivity index (χ0n) is 16.0. The number of benzene rings is 1. The number of aryl methyl sites for hydroxylation is 1. The lowest BCUT2D eigenvalue weighted by atomic mass is 9.97. The lowest BCUT2D eigenvalue weighted by molar-refractivity contribution is -0.115. The van der Waals surface area contributed by atoms with Crippen molar-refractivity contribution in [1.82, 2.24) is 4.98 Å². The Bertz CT molecular complexity index is 771. The second kappa shape index (κ2) is 7.50. The quantitative estimate of drug-likeness (QED) is 0.909. The van der Waals surface area contributed by atoms with Gasteiger partial charge in [-0.25, -0.2) is 4.98 Å². The van der Waals surface area contributed by atoms with E-state index < -0.39 is 0 Å². The zero-order valence-corrected chi connectivity index (χ0v) is 16.0. The van der Waals surface area contributed by atoms with Gasteiger partial charge in [0.1, 0.15) is 5.76 Å². The summed E-state index contributed by atoms with van der Waals surface area (Å²) in [6.07, 6.45) is 0.173. The summed E-state index contributed by atoms with van der Waals surface area (Å²) >= 11 is 0. The van der Waals surface area contributed by atoms with E-state index in [1.165, 1.54) is 0 Å². The number of para-hydroxylation sites is 2. The molecule has 6 nitrogen and oxygen atoms in total. The van der Waals surface area contributed by atoms with E-state index in [4.69, 9.17) is 9.15 Å². The van der Waals surface area contributed by atoms with Crippen LogP contribution in [0.5, 0.6) is 0 Å². The van der Waals surface area contributed by atoms with Crippen LogP contribution in [-0.4, -0.2) is 37.2 Å². The Morgan fingerprint density at radius 1 is 1.23 bits per heavy atom. The van der Waals surface area contributed by atoms with Gasteiger partial charge in [-0.15, -0.1) is 0 Å². The van der Waals surface area contributed by atoms with Gasteiger partial charge in [0.25, 0.3) is 0 Å². The highest BCUT2D eigenvalue weighted by Crippen LogP contribution is 2.27. The van der Waals surface area contributed by atoms with Gasteiger partial charge in [0.15, 0.2) is 5.89 Å². The Labute approximate surface area is 154 Å². The molecule has 0 atom stereocenters. The molecular formula is C20H27N3O3. The molecule has 2 aromatic rings. The standard InChI is InChI=1S/C20H27N3O3/c1-14-17(26-19(21-14)20(2,3)4)13-18(24)22-15-7-5-6-8-16(15)23-9-11-25-12-10-23/h5-8H,9-13H2,1-4H3,(H,22,24). The Morgan fingerprint density at radius 2 is 1.92 bits per heavy atom. The van der Waals surface area contributed by atoms with Gasteiger partial charge in [-0.1, -0.05) is 32.9 Å². The molecule has 1 aliphatic heterocycles. The molecule has 0 saturated carbocycles. The minimum atomic E-state index is -0.178. The van der Waals surface area contributed by atoms with E-state index in [-0.39, 0.29) is 17.7 Å². The fraction of sp³-hybridized carbons (Fsp3) is 0.500. The molecule has 0 spiro atoms. The molecule has 2 heterocycles. The molecule has 0 bridgehead atoms. The molecule has 26 heavy (non-hydrogen) atoms. The number of hydrogen-bond donors (Lipinski definition) is 1. The number of nitrogens with one attached hydrogen (secondary N) is 1. The van der Waals surface area contributed by atoms with E-state index in [1.54, 1.807) is 0 Å². The second-order valence-electron chi connectivity index (χ2n) is 7.62. The lowest BCUT2D eigenvalue weighted by Crippen LogP contribution is -2.36. The normalized spacial score (nSPS) is 15.2. The van der Waals surface area contributed by atoms with Crippen LogP contribution in [0.1, 0.15) is 38.1 Å². The number of morpholine rings is 1. The van der Waals surface area contributed by atoms with Crippen molar-refractivity contribution in [1.29, 1.82) is 0 Å². The number of ether oxygens (including phenoxy) is 1. The summed E-state index contributed by atoms with van der Waals surface area (Å²) in [5.74, 6) is 1.17. The Morgan fingerprint density at radius 3 is 2.58 bits per heavy atom. The highest BCUT2D eigenvalue weighted by atomic mass is 16.5. The van der Waals surface area contributed by atoms with E-state index in [0.29, 0.717) is 24.9 Å². The third-order valence-electron chi connectivity index (χ3n) is 4.39. The van der Waals surface area contributed by atoms with Crippen molar-refractivity contribution in [2.45, 2.75) is 39.5 Å². The average Bonchev–Trinajstić information content (AvgIpc) is 2.97. The topological polar surface area (TPSA) is 67.6 Å². The van der Waals surface area contributed by atoms with Crippen LogP contribution in [0.15, 0.2) is 28.7 Å². The van der Waals surface area contributed by atoms with Crippen molar-refractivity contribution < 1.29 is 13.9 Å². The highest BCUT2D eigenvalue weighted by molar-refractivity contribution is 5.95. The van der Waals surface area contributed by atoms with Gasteiger partial charge in [0.2, 0.25) is 5.91 Å². The minimum absolute atomic E-state index is 0.106. The first-order chi connectivity index (χ1) is 12.3. The third-order valence-corrected chi connectivity index (χ3v) is 4.39. The van der Waals surface area contributed by atoms with Crippen molar-refractivity contribution in [2.24, 2.45) is 0 Å². The van der Waals surface area contributed by atoms with Crippen LogP contribution in [0.4, 0.5) is 11.4 Å². The van der Waals surface area contributed by atoms with Crippen LogP contribution in [0, 0.1) is 6.92 Å². The smallest absolute Gasteiger partial charge is 0.232 e. The molecule has 1 fully saturated rings. The number of oxazole rings is 1. The molecule has 3 rings (SSSR count). The number of anilines is 2. The Hall–Kier alpha value is -2.34. The van der Waals surface area contributed by atoms with E-state index >= 15 is 0 Å². The summed E-state index contributed by atoms with van der Waals surface area (Å²) in [7, 11) is 0. The van der Waals surface area contributed by atoms with Crippen molar-refractivity contribution in [2.75, 3.05) is 36.5 Å². The first-order valence-corrected chi connectivity index (χ1v) is 9.03. The maximum absolute atomic E-state index is 12.6. The SMILES string of the molecule is Cc1nc(C(C)(C)C)oc1CC(=O)Nc1ccccc1N1CCOCC1. The predicted octanol–water partition coefficient (Wildman–Crippen LogP) is 3.30. The molecule has 0 aliphatic carbocycles. The van der Waals surface area contributed by atoms with Gasteiger partial charge in [0, 0.05) is 18.5 Å². The van der Waals surface area contributed by atoms with Gasteiger partial charge in [0.05, 0.1) is 36.7 Å². The maximum Gasteiger partial charge on any atom is 0.232 e. The van der Waals surface area contributed by atoms with E-state index in [9.17, 15) is 4.79 Å². The van der Waals surface area contributed by atoms with Crippen molar-refractivity contribution in [3.05, 3.63) is 41.6 Å². The maximum atomic E-state index is 12.6. The van der Waals surface area contributed by atoms with Crippen molar-refractivity contribution >= 4 is 17.3 Å².